The van der Waals surface area contributed by atoms with E-state index in [1.807, 2.05) is 11.8 Å². The second-order valence-corrected chi connectivity index (χ2v) is 4.95. The number of halogens is 1. The van der Waals surface area contributed by atoms with E-state index < -0.39 is 5.95 Å². The smallest absolute Gasteiger partial charge is 0.214 e. The highest BCUT2D eigenvalue weighted by molar-refractivity contribution is 8.00. The summed E-state index contributed by atoms with van der Waals surface area (Å²) in [7, 11) is 0. The monoisotopic (exact) mass is 212 g/mol. The van der Waals surface area contributed by atoms with Gasteiger partial charge in [-0.05, 0) is 24.3 Å². The van der Waals surface area contributed by atoms with Gasteiger partial charge in [0.2, 0.25) is 5.95 Å². The maximum Gasteiger partial charge on any atom is 0.214 e. The van der Waals surface area contributed by atoms with Gasteiger partial charge in [0.25, 0.3) is 0 Å². The molecule has 1 saturated heterocycles. The Labute approximate surface area is 87.3 Å². The van der Waals surface area contributed by atoms with Crippen LogP contribution in [0.1, 0.15) is 13.3 Å². The lowest BCUT2D eigenvalue weighted by Crippen LogP contribution is -2.25. The zero-order chi connectivity index (χ0) is 9.97. The Morgan fingerprint density at radius 1 is 1.57 bits per heavy atom. The minimum absolute atomic E-state index is 0.423. The van der Waals surface area contributed by atoms with Gasteiger partial charge in [0.15, 0.2) is 0 Å². The average molecular weight is 212 g/mol. The third-order valence-corrected chi connectivity index (χ3v) is 3.75. The molecule has 0 spiro atoms. The van der Waals surface area contributed by atoms with Crippen LogP contribution in [0.4, 0.5) is 10.2 Å². The van der Waals surface area contributed by atoms with Crippen LogP contribution in [-0.4, -0.2) is 22.0 Å². The molecular weight excluding hydrogens is 199 g/mol. The van der Waals surface area contributed by atoms with Crippen LogP contribution in [0.25, 0.3) is 0 Å². The average Bonchev–Trinajstić information content (AvgIpc) is 2.52. The fourth-order valence-electron chi connectivity index (χ4n) is 1.60. The van der Waals surface area contributed by atoms with Gasteiger partial charge in [-0.3, -0.25) is 0 Å². The lowest BCUT2D eigenvalue weighted by atomic mass is 10.2. The molecule has 4 heteroatoms. The summed E-state index contributed by atoms with van der Waals surface area (Å²) < 4.78 is 12.8. The van der Waals surface area contributed by atoms with Crippen LogP contribution in [0, 0.1) is 5.95 Å². The fourth-order valence-corrected chi connectivity index (χ4v) is 2.80. The Morgan fingerprint density at radius 3 is 3.07 bits per heavy atom. The minimum atomic E-state index is -0.423. The highest BCUT2D eigenvalue weighted by Crippen LogP contribution is 2.28. The zero-order valence-corrected chi connectivity index (χ0v) is 8.85. The molecule has 0 aliphatic carbocycles. The highest BCUT2D eigenvalue weighted by atomic mass is 32.2. The van der Waals surface area contributed by atoms with Crippen LogP contribution in [0.15, 0.2) is 18.2 Å². The largest absolute Gasteiger partial charge is 0.366 e. The molecule has 76 valence electrons. The van der Waals surface area contributed by atoms with Crippen molar-refractivity contribution in [2.75, 3.05) is 11.1 Å². The molecule has 2 nitrogen and oxygen atoms in total. The van der Waals surface area contributed by atoms with Crippen molar-refractivity contribution in [3.63, 3.8) is 0 Å². The van der Waals surface area contributed by atoms with E-state index in [1.54, 1.807) is 12.1 Å². The van der Waals surface area contributed by atoms with Gasteiger partial charge < -0.3 is 5.32 Å². The summed E-state index contributed by atoms with van der Waals surface area (Å²) in [6.07, 6.45) is 1.13. The molecule has 2 atom stereocenters. The molecule has 0 amide bonds. The van der Waals surface area contributed by atoms with Crippen LogP contribution >= 0.6 is 11.8 Å². The number of nitrogens with zero attached hydrogens (tertiary/aromatic N) is 1. The third-order valence-electron chi connectivity index (χ3n) is 2.42. The standard InChI is InChI=1S/C10H13FN2S/c1-7-8(5-6-14-7)12-10-4-2-3-9(11)13-10/h2-4,7-8H,5-6H2,1H3,(H,12,13). The minimum Gasteiger partial charge on any atom is -0.366 e. The molecule has 14 heavy (non-hydrogen) atoms. The number of rotatable bonds is 2. The van der Waals surface area contributed by atoms with Crippen molar-refractivity contribution >= 4 is 17.6 Å². The molecule has 1 aromatic rings. The molecular formula is C10H13FN2S. The van der Waals surface area contributed by atoms with Crippen molar-refractivity contribution in [1.29, 1.82) is 0 Å². The summed E-state index contributed by atoms with van der Waals surface area (Å²) in [4.78, 5) is 3.78. The Balaban J connectivity index is 2.03. The van der Waals surface area contributed by atoms with Gasteiger partial charge in [-0.15, -0.1) is 0 Å². The van der Waals surface area contributed by atoms with E-state index in [0.29, 0.717) is 17.1 Å². The number of pyridine rings is 1. The van der Waals surface area contributed by atoms with Crippen LogP contribution in [0.5, 0.6) is 0 Å². The van der Waals surface area contributed by atoms with E-state index in [2.05, 4.69) is 17.2 Å². The Kier molecular flexibility index (Phi) is 2.91. The second-order valence-electron chi connectivity index (χ2n) is 3.46. The first-order valence-corrected chi connectivity index (χ1v) is 5.81. The normalized spacial score (nSPS) is 26.4. The molecule has 2 rings (SSSR count). The van der Waals surface area contributed by atoms with Gasteiger partial charge in [-0.25, -0.2) is 4.98 Å². The lowest BCUT2D eigenvalue weighted by molar-refractivity contribution is 0.583. The van der Waals surface area contributed by atoms with E-state index in [0.717, 1.165) is 6.42 Å². The predicted octanol–water partition coefficient (Wildman–Crippen LogP) is 2.53. The molecule has 0 radical (unpaired) electrons. The number of hydrogen-bond donors (Lipinski definition) is 1. The molecule has 1 aliphatic rings. The van der Waals surface area contributed by atoms with Crippen molar-refractivity contribution in [3.8, 4) is 0 Å². The maximum atomic E-state index is 12.8. The predicted molar refractivity (Wildman–Crippen MR) is 58.1 cm³/mol. The lowest BCUT2D eigenvalue weighted by Gasteiger charge is -2.16. The van der Waals surface area contributed by atoms with E-state index in [-0.39, 0.29) is 0 Å². The topological polar surface area (TPSA) is 24.9 Å². The van der Waals surface area contributed by atoms with Gasteiger partial charge in [0.05, 0.1) is 0 Å². The molecule has 0 aromatic carbocycles. The number of thioether (sulfide) groups is 1. The van der Waals surface area contributed by atoms with Crippen molar-refractivity contribution in [3.05, 3.63) is 24.1 Å². The first kappa shape index (κ1) is 9.77. The van der Waals surface area contributed by atoms with Gasteiger partial charge in [-0.1, -0.05) is 13.0 Å². The van der Waals surface area contributed by atoms with E-state index in [1.165, 1.54) is 11.8 Å². The first-order chi connectivity index (χ1) is 6.75. The Morgan fingerprint density at radius 2 is 2.43 bits per heavy atom. The third kappa shape index (κ3) is 2.18. The molecule has 0 bridgehead atoms. The summed E-state index contributed by atoms with van der Waals surface area (Å²) in [6.45, 7) is 2.19. The molecule has 0 saturated carbocycles. The number of anilines is 1. The summed E-state index contributed by atoms with van der Waals surface area (Å²) in [5.74, 6) is 1.39. The van der Waals surface area contributed by atoms with Crippen LogP contribution in [0.3, 0.4) is 0 Å². The van der Waals surface area contributed by atoms with Crippen molar-refractivity contribution < 1.29 is 4.39 Å². The molecule has 1 N–H and O–H groups in total. The molecule has 1 aromatic heterocycles. The van der Waals surface area contributed by atoms with Crippen molar-refractivity contribution in [2.24, 2.45) is 0 Å². The van der Waals surface area contributed by atoms with E-state index in [4.69, 9.17) is 0 Å². The molecule has 2 heterocycles. The number of nitrogens with one attached hydrogen (secondary N) is 1. The second kappa shape index (κ2) is 4.17. The van der Waals surface area contributed by atoms with E-state index >= 15 is 0 Å². The Hall–Kier alpha value is -0.770. The number of aromatic nitrogens is 1. The van der Waals surface area contributed by atoms with Gasteiger partial charge >= 0.3 is 0 Å². The van der Waals surface area contributed by atoms with Crippen molar-refractivity contribution in [2.45, 2.75) is 24.6 Å². The zero-order valence-electron chi connectivity index (χ0n) is 8.03. The van der Waals surface area contributed by atoms with Crippen LogP contribution < -0.4 is 5.32 Å². The van der Waals surface area contributed by atoms with E-state index in [9.17, 15) is 4.39 Å². The summed E-state index contributed by atoms with van der Waals surface area (Å²) >= 11 is 1.94. The van der Waals surface area contributed by atoms with Gasteiger partial charge in [0.1, 0.15) is 5.82 Å². The maximum absolute atomic E-state index is 12.8. The van der Waals surface area contributed by atoms with Gasteiger partial charge in [0, 0.05) is 11.3 Å². The molecule has 1 aliphatic heterocycles. The summed E-state index contributed by atoms with van der Waals surface area (Å²) in [6, 6.07) is 5.27. The van der Waals surface area contributed by atoms with Gasteiger partial charge in [-0.2, -0.15) is 16.2 Å². The summed E-state index contributed by atoms with van der Waals surface area (Å²) in [5, 5.41) is 3.84. The first-order valence-electron chi connectivity index (χ1n) is 4.76. The summed E-state index contributed by atoms with van der Waals surface area (Å²) in [5.41, 5.74) is 0. The number of hydrogen-bond acceptors (Lipinski definition) is 3. The van der Waals surface area contributed by atoms with Crippen LogP contribution in [0.2, 0.25) is 0 Å². The molecule has 2 unspecified atom stereocenters. The highest BCUT2D eigenvalue weighted by Gasteiger charge is 2.23. The molecule has 1 fully saturated rings. The fraction of sp³-hybridized carbons (Fsp3) is 0.500. The Bertz CT molecular complexity index is 319. The van der Waals surface area contributed by atoms with Crippen LogP contribution in [-0.2, 0) is 0 Å². The quantitative estimate of drug-likeness (QED) is 0.762. The van der Waals surface area contributed by atoms with Crippen molar-refractivity contribution in [1.82, 2.24) is 4.98 Å². The SMILES string of the molecule is CC1SCCC1Nc1cccc(F)n1.